The first-order chi connectivity index (χ1) is 8.75. The number of carbonyl (C=O) groups excluding carboxylic acids is 2. The Morgan fingerprint density at radius 2 is 2.17 bits per heavy atom. The van der Waals surface area contributed by atoms with E-state index in [1.807, 2.05) is 0 Å². The molecule has 1 atom stereocenters. The summed E-state index contributed by atoms with van der Waals surface area (Å²) >= 11 is 0. The van der Waals surface area contributed by atoms with Gasteiger partial charge in [-0.15, -0.1) is 0 Å². The summed E-state index contributed by atoms with van der Waals surface area (Å²) in [7, 11) is 0. The van der Waals surface area contributed by atoms with Crippen molar-refractivity contribution in [2.45, 2.75) is 25.5 Å². The minimum atomic E-state index is -0.663. The molecule has 0 spiro atoms. The second-order valence-electron chi connectivity index (χ2n) is 4.11. The lowest BCUT2D eigenvalue weighted by Gasteiger charge is -2.10. The first kappa shape index (κ1) is 12.6. The van der Waals surface area contributed by atoms with Gasteiger partial charge in [0.15, 0.2) is 0 Å². The zero-order valence-electron chi connectivity index (χ0n) is 9.98. The number of hydrogen-bond donors (Lipinski definition) is 2. The van der Waals surface area contributed by atoms with Crippen molar-refractivity contribution in [3.63, 3.8) is 0 Å². The Hall–Kier alpha value is -1.82. The van der Waals surface area contributed by atoms with Crippen molar-refractivity contribution in [1.82, 2.24) is 10.6 Å². The van der Waals surface area contributed by atoms with Crippen LogP contribution in [0.25, 0.3) is 0 Å². The van der Waals surface area contributed by atoms with Crippen LogP contribution in [0.5, 0.6) is 0 Å². The molecular weight excluding hydrogens is 236 g/mol. The van der Waals surface area contributed by atoms with E-state index in [4.69, 9.17) is 9.15 Å². The minimum Gasteiger partial charge on any atom is -0.467 e. The molecule has 1 aliphatic heterocycles. The molecule has 1 fully saturated rings. The van der Waals surface area contributed by atoms with E-state index in [-0.39, 0.29) is 12.6 Å². The van der Waals surface area contributed by atoms with Crippen molar-refractivity contribution in [3.05, 3.63) is 24.2 Å². The molecule has 6 nitrogen and oxygen atoms in total. The molecule has 2 N–H and O–H groups in total. The average molecular weight is 252 g/mol. The monoisotopic (exact) mass is 252 g/mol. The molecule has 2 amide bonds. The topological polar surface area (TPSA) is 80.6 Å². The minimum absolute atomic E-state index is 0.0341. The molecule has 0 aliphatic carbocycles. The van der Waals surface area contributed by atoms with Gasteiger partial charge in [-0.1, -0.05) is 0 Å². The molecule has 1 aliphatic rings. The lowest BCUT2D eigenvalue weighted by molar-refractivity contribution is -0.139. The Labute approximate surface area is 105 Å². The molecule has 18 heavy (non-hydrogen) atoms. The van der Waals surface area contributed by atoms with Gasteiger partial charge >= 0.3 is 11.8 Å². The summed E-state index contributed by atoms with van der Waals surface area (Å²) < 4.78 is 10.4. The predicted molar refractivity (Wildman–Crippen MR) is 62.5 cm³/mol. The van der Waals surface area contributed by atoms with Crippen LogP contribution in [0.15, 0.2) is 22.8 Å². The van der Waals surface area contributed by atoms with E-state index in [9.17, 15) is 9.59 Å². The van der Waals surface area contributed by atoms with Gasteiger partial charge in [0.25, 0.3) is 0 Å². The van der Waals surface area contributed by atoms with Gasteiger partial charge in [-0.3, -0.25) is 9.59 Å². The average Bonchev–Trinajstić information content (AvgIpc) is 3.05. The van der Waals surface area contributed by atoms with Crippen molar-refractivity contribution in [2.24, 2.45) is 0 Å². The highest BCUT2D eigenvalue weighted by atomic mass is 16.5. The van der Waals surface area contributed by atoms with Gasteiger partial charge in [0, 0.05) is 13.2 Å². The fourth-order valence-corrected chi connectivity index (χ4v) is 1.75. The zero-order chi connectivity index (χ0) is 12.8. The zero-order valence-corrected chi connectivity index (χ0v) is 9.98. The summed E-state index contributed by atoms with van der Waals surface area (Å²) in [6.07, 6.45) is 3.48. The van der Waals surface area contributed by atoms with Gasteiger partial charge in [0.2, 0.25) is 0 Å². The molecule has 2 rings (SSSR count). The second-order valence-corrected chi connectivity index (χ2v) is 4.11. The van der Waals surface area contributed by atoms with E-state index in [0.29, 0.717) is 12.3 Å². The van der Waals surface area contributed by atoms with Crippen LogP contribution in [-0.4, -0.2) is 31.1 Å². The summed E-state index contributed by atoms with van der Waals surface area (Å²) in [5, 5.41) is 5.02. The van der Waals surface area contributed by atoms with Gasteiger partial charge in [0.05, 0.1) is 18.9 Å². The Balaban J connectivity index is 1.66. The van der Waals surface area contributed by atoms with Gasteiger partial charge in [-0.25, -0.2) is 0 Å². The van der Waals surface area contributed by atoms with Crippen LogP contribution < -0.4 is 10.6 Å². The number of ether oxygens (including phenoxy) is 1. The summed E-state index contributed by atoms with van der Waals surface area (Å²) in [5.74, 6) is -0.697. The third kappa shape index (κ3) is 3.59. The molecule has 98 valence electrons. The molecular formula is C12H16N2O4. The van der Waals surface area contributed by atoms with Gasteiger partial charge in [-0.05, 0) is 25.0 Å². The maximum atomic E-state index is 11.4. The normalized spacial score (nSPS) is 18.6. The van der Waals surface area contributed by atoms with Crippen molar-refractivity contribution < 1.29 is 18.7 Å². The van der Waals surface area contributed by atoms with Crippen LogP contribution >= 0.6 is 0 Å². The quantitative estimate of drug-likeness (QED) is 0.750. The Morgan fingerprint density at radius 3 is 2.83 bits per heavy atom. The predicted octanol–water partition coefficient (Wildman–Crippen LogP) is 0.191. The molecule has 0 radical (unpaired) electrons. The number of nitrogens with one attached hydrogen (secondary N) is 2. The summed E-state index contributed by atoms with van der Waals surface area (Å²) in [4.78, 5) is 22.9. The van der Waals surface area contributed by atoms with Gasteiger partial charge in [0.1, 0.15) is 5.76 Å². The molecule has 1 saturated heterocycles. The fraction of sp³-hybridized carbons (Fsp3) is 0.500. The fourth-order valence-electron chi connectivity index (χ4n) is 1.75. The van der Waals surface area contributed by atoms with E-state index >= 15 is 0 Å². The summed E-state index contributed by atoms with van der Waals surface area (Å²) in [6.45, 7) is 1.32. The van der Waals surface area contributed by atoms with E-state index in [1.54, 1.807) is 12.1 Å². The first-order valence-corrected chi connectivity index (χ1v) is 5.95. The molecule has 0 saturated carbocycles. The SMILES string of the molecule is O=C(NCc1ccco1)C(=O)NCC1CCCO1. The highest BCUT2D eigenvalue weighted by Crippen LogP contribution is 2.10. The molecule has 1 unspecified atom stereocenters. The number of rotatable bonds is 4. The maximum absolute atomic E-state index is 11.4. The Kier molecular flexibility index (Phi) is 4.35. The van der Waals surface area contributed by atoms with E-state index < -0.39 is 11.8 Å². The number of amides is 2. The van der Waals surface area contributed by atoms with Crippen LogP contribution in [0, 0.1) is 0 Å². The van der Waals surface area contributed by atoms with Crippen LogP contribution in [-0.2, 0) is 20.9 Å². The molecule has 6 heteroatoms. The third-order valence-corrected chi connectivity index (χ3v) is 2.72. The van der Waals surface area contributed by atoms with E-state index in [2.05, 4.69) is 10.6 Å². The van der Waals surface area contributed by atoms with Crippen LogP contribution in [0.3, 0.4) is 0 Å². The smallest absolute Gasteiger partial charge is 0.309 e. The van der Waals surface area contributed by atoms with Crippen LogP contribution in [0.1, 0.15) is 18.6 Å². The number of hydrogen-bond acceptors (Lipinski definition) is 4. The Bertz CT molecular complexity index is 396. The molecule has 0 aromatic carbocycles. The van der Waals surface area contributed by atoms with Crippen molar-refractivity contribution in [2.75, 3.05) is 13.2 Å². The molecule has 2 heterocycles. The van der Waals surface area contributed by atoms with Crippen LogP contribution in [0.4, 0.5) is 0 Å². The van der Waals surface area contributed by atoms with Crippen molar-refractivity contribution in [1.29, 1.82) is 0 Å². The van der Waals surface area contributed by atoms with Crippen molar-refractivity contribution in [3.8, 4) is 0 Å². The number of carbonyl (C=O) groups is 2. The highest BCUT2D eigenvalue weighted by Gasteiger charge is 2.19. The van der Waals surface area contributed by atoms with E-state index in [0.717, 1.165) is 19.4 Å². The highest BCUT2D eigenvalue weighted by molar-refractivity contribution is 6.35. The van der Waals surface area contributed by atoms with Crippen molar-refractivity contribution >= 4 is 11.8 Å². The first-order valence-electron chi connectivity index (χ1n) is 5.95. The largest absolute Gasteiger partial charge is 0.467 e. The lowest BCUT2D eigenvalue weighted by Crippen LogP contribution is -2.42. The van der Waals surface area contributed by atoms with Crippen LogP contribution in [0.2, 0.25) is 0 Å². The maximum Gasteiger partial charge on any atom is 0.309 e. The molecule has 0 bridgehead atoms. The van der Waals surface area contributed by atoms with E-state index in [1.165, 1.54) is 6.26 Å². The van der Waals surface area contributed by atoms with Gasteiger partial charge < -0.3 is 19.8 Å². The summed E-state index contributed by atoms with van der Waals surface area (Å²) in [5.41, 5.74) is 0. The molecule has 1 aromatic heterocycles. The lowest BCUT2D eigenvalue weighted by atomic mass is 10.2. The van der Waals surface area contributed by atoms with Gasteiger partial charge in [-0.2, -0.15) is 0 Å². The third-order valence-electron chi connectivity index (χ3n) is 2.72. The Morgan fingerprint density at radius 1 is 1.33 bits per heavy atom. The summed E-state index contributed by atoms with van der Waals surface area (Å²) in [6, 6.07) is 3.45. The second kappa shape index (κ2) is 6.20. The number of furan rings is 1. The molecule has 1 aromatic rings. The standard InChI is InChI=1S/C12H16N2O4/c15-11(13-7-9-3-1-5-17-9)12(16)14-8-10-4-2-6-18-10/h1,3,5,10H,2,4,6-8H2,(H,13,15)(H,14,16).